The first-order valence-electron chi connectivity index (χ1n) is 11.4. The molecule has 0 unspecified atom stereocenters. The zero-order valence-corrected chi connectivity index (χ0v) is 19.2. The standard InChI is InChI=1S/C23H26F3N7O/c1-13(2)33-14(3)29-21-19(33)10-15(11-27-21)18-8-9-32-20(18)12-28-22(31-32)30-16-4-6-17(7-5-16)34-23(24,25)26/h8-13,16-17H,4-7H2,1-3H3,(H,30,31). The number of nitrogens with zero attached hydrogens (tertiary/aromatic N) is 6. The fourth-order valence-corrected chi connectivity index (χ4v) is 4.80. The van der Waals surface area contributed by atoms with Crippen molar-refractivity contribution in [3.05, 3.63) is 36.5 Å². The van der Waals surface area contributed by atoms with Gasteiger partial charge in [-0.2, -0.15) is 0 Å². The van der Waals surface area contributed by atoms with Crippen LogP contribution in [0.5, 0.6) is 0 Å². The number of halogens is 3. The van der Waals surface area contributed by atoms with Gasteiger partial charge in [0.1, 0.15) is 5.82 Å². The third kappa shape index (κ3) is 4.44. The Balaban J connectivity index is 1.34. The topological polar surface area (TPSA) is 82.2 Å². The van der Waals surface area contributed by atoms with Crippen LogP contribution in [-0.2, 0) is 4.74 Å². The highest BCUT2D eigenvalue weighted by atomic mass is 19.4. The van der Waals surface area contributed by atoms with Crippen molar-refractivity contribution in [1.29, 1.82) is 0 Å². The monoisotopic (exact) mass is 473 g/mol. The smallest absolute Gasteiger partial charge is 0.350 e. The lowest BCUT2D eigenvalue weighted by molar-refractivity contribution is -0.345. The van der Waals surface area contributed by atoms with Gasteiger partial charge in [0.25, 0.3) is 0 Å². The van der Waals surface area contributed by atoms with Gasteiger partial charge in [-0.3, -0.25) is 4.74 Å². The Morgan fingerprint density at radius 1 is 1.09 bits per heavy atom. The Labute approximate surface area is 194 Å². The molecule has 5 rings (SSSR count). The van der Waals surface area contributed by atoms with E-state index in [9.17, 15) is 13.2 Å². The number of hydrogen-bond acceptors (Lipinski definition) is 6. The molecule has 0 amide bonds. The van der Waals surface area contributed by atoms with E-state index in [1.54, 1.807) is 10.7 Å². The molecule has 8 nitrogen and oxygen atoms in total. The van der Waals surface area contributed by atoms with Gasteiger partial charge in [-0.25, -0.2) is 19.5 Å². The number of aromatic nitrogens is 6. The molecule has 4 heterocycles. The Hall–Kier alpha value is -3.21. The zero-order chi connectivity index (χ0) is 24.0. The fourth-order valence-electron chi connectivity index (χ4n) is 4.80. The summed E-state index contributed by atoms with van der Waals surface area (Å²) >= 11 is 0. The number of anilines is 1. The molecule has 0 spiro atoms. The molecule has 1 N–H and O–H groups in total. The maximum absolute atomic E-state index is 12.4. The van der Waals surface area contributed by atoms with Gasteiger partial charge < -0.3 is 9.88 Å². The van der Waals surface area contributed by atoms with E-state index in [4.69, 9.17) is 0 Å². The number of pyridine rings is 1. The molecule has 0 saturated heterocycles. The Morgan fingerprint density at radius 3 is 2.56 bits per heavy atom. The largest absolute Gasteiger partial charge is 0.522 e. The van der Waals surface area contributed by atoms with E-state index in [-0.39, 0.29) is 12.1 Å². The van der Waals surface area contributed by atoms with Gasteiger partial charge in [0.2, 0.25) is 5.95 Å². The Morgan fingerprint density at radius 2 is 1.85 bits per heavy atom. The minimum absolute atomic E-state index is 0.00623. The molecular weight excluding hydrogens is 447 g/mol. The highest BCUT2D eigenvalue weighted by molar-refractivity contribution is 5.85. The van der Waals surface area contributed by atoms with Gasteiger partial charge in [0.05, 0.1) is 23.3 Å². The SMILES string of the molecule is Cc1nc2ncc(-c3ccn4nc(NC5CCC(OC(F)(F)F)CC5)ncc34)cc2n1C(C)C. The van der Waals surface area contributed by atoms with Gasteiger partial charge >= 0.3 is 6.36 Å². The summed E-state index contributed by atoms with van der Waals surface area (Å²) in [5, 5.41) is 7.80. The van der Waals surface area contributed by atoms with Crippen LogP contribution < -0.4 is 5.32 Å². The summed E-state index contributed by atoms with van der Waals surface area (Å²) in [4.78, 5) is 13.6. The van der Waals surface area contributed by atoms with Crippen molar-refractivity contribution in [2.75, 3.05) is 5.32 Å². The molecule has 4 aromatic rings. The summed E-state index contributed by atoms with van der Waals surface area (Å²) in [6.45, 7) is 6.22. The summed E-state index contributed by atoms with van der Waals surface area (Å²) in [7, 11) is 0. The lowest BCUT2D eigenvalue weighted by Gasteiger charge is -2.29. The quantitative estimate of drug-likeness (QED) is 0.424. The van der Waals surface area contributed by atoms with E-state index >= 15 is 0 Å². The molecule has 4 aromatic heterocycles. The van der Waals surface area contributed by atoms with Gasteiger partial charge in [0.15, 0.2) is 5.65 Å². The van der Waals surface area contributed by atoms with Crippen molar-refractivity contribution >= 4 is 22.6 Å². The molecule has 11 heteroatoms. The molecular formula is C23H26F3N7O. The van der Waals surface area contributed by atoms with E-state index in [0.29, 0.717) is 31.6 Å². The van der Waals surface area contributed by atoms with Crippen LogP contribution in [0.1, 0.15) is 51.4 Å². The molecule has 0 atom stereocenters. The van der Waals surface area contributed by atoms with Crippen molar-refractivity contribution in [3.63, 3.8) is 0 Å². The molecule has 34 heavy (non-hydrogen) atoms. The number of alkyl halides is 3. The fraction of sp³-hybridized carbons (Fsp3) is 0.478. The van der Waals surface area contributed by atoms with Gasteiger partial charge in [-0.1, -0.05) is 0 Å². The number of nitrogens with one attached hydrogen (secondary N) is 1. The summed E-state index contributed by atoms with van der Waals surface area (Å²) in [6, 6.07) is 4.33. The van der Waals surface area contributed by atoms with Gasteiger partial charge in [0, 0.05) is 35.6 Å². The molecule has 1 aliphatic carbocycles. The summed E-state index contributed by atoms with van der Waals surface area (Å²) in [6.07, 6.45) is 1.86. The van der Waals surface area contributed by atoms with Gasteiger partial charge in [-0.05, 0) is 58.6 Å². The van der Waals surface area contributed by atoms with Crippen LogP contribution >= 0.6 is 0 Å². The number of imidazole rings is 1. The molecule has 1 fully saturated rings. The van der Waals surface area contributed by atoms with Crippen LogP contribution in [0.2, 0.25) is 0 Å². The first-order chi connectivity index (χ1) is 16.2. The second kappa shape index (κ2) is 8.53. The summed E-state index contributed by atoms with van der Waals surface area (Å²) in [5.74, 6) is 1.37. The first-order valence-corrected chi connectivity index (χ1v) is 11.4. The normalized spacial score (nSPS) is 19.4. The Bertz CT molecular complexity index is 1320. The first kappa shape index (κ1) is 22.6. The minimum Gasteiger partial charge on any atom is -0.350 e. The lowest BCUT2D eigenvalue weighted by atomic mass is 9.93. The van der Waals surface area contributed by atoms with Crippen LogP contribution in [0.3, 0.4) is 0 Å². The van der Waals surface area contributed by atoms with Gasteiger partial charge in [-0.15, -0.1) is 18.3 Å². The molecule has 1 aliphatic rings. The predicted octanol–water partition coefficient (Wildman–Crippen LogP) is 5.29. The van der Waals surface area contributed by atoms with Crippen LogP contribution in [0.25, 0.3) is 27.8 Å². The number of fused-ring (bicyclic) bond motifs is 2. The average molecular weight is 474 g/mol. The third-order valence-corrected chi connectivity index (χ3v) is 6.28. The van der Waals surface area contributed by atoms with Crippen molar-refractivity contribution in [2.45, 2.75) is 71.0 Å². The van der Waals surface area contributed by atoms with Crippen molar-refractivity contribution < 1.29 is 17.9 Å². The summed E-state index contributed by atoms with van der Waals surface area (Å²) in [5.41, 5.74) is 4.44. The van der Waals surface area contributed by atoms with E-state index in [1.807, 2.05) is 25.4 Å². The average Bonchev–Trinajstić information content (AvgIpc) is 3.33. The van der Waals surface area contributed by atoms with E-state index in [0.717, 1.165) is 33.6 Å². The maximum atomic E-state index is 12.4. The molecule has 1 saturated carbocycles. The molecule has 0 aliphatic heterocycles. The van der Waals surface area contributed by atoms with E-state index in [1.165, 1.54) is 0 Å². The second-order valence-electron chi connectivity index (χ2n) is 9.01. The van der Waals surface area contributed by atoms with Crippen LogP contribution in [-0.4, -0.2) is 47.6 Å². The number of rotatable bonds is 5. The van der Waals surface area contributed by atoms with Crippen molar-refractivity contribution in [2.24, 2.45) is 0 Å². The van der Waals surface area contributed by atoms with Crippen molar-refractivity contribution in [3.8, 4) is 11.1 Å². The van der Waals surface area contributed by atoms with Crippen LogP contribution in [0.4, 0.5) is 19.1 Å². The second-order valence-corrected chi connectivity index (χ2v) is 9.01. The van der Waals surface area contributed by atoms with E-state index in [2.05, 4.69) is 54.6 Å². The summed E-state index contributed by atoms with van der Waals surface area (Å²) < 4.78 is 45.3. The highest BCUT2D eigenvalue weighted by Gasteiger charge is 2.35. The minimum atomic E-state index is -4.58. The number of aryl methyl sites for hydroxylation is 1. The predicted molar refractivity (Wildman–Crippen MR) is 121 cm³/mol. The number of ether oxygens (including phenoxy) is 1. The number of hydrogen-bond donors (Lipinski definition) is 1. The zero-order valence-electron chi connectivity index (χ0n) is 19.2. The van der Waals surface area contributed by atoms with Crippen LogP contribution in [0, 0.1) is 6.92 Å². The Kier molecular flexibility index (Phi) is 5.67. The van der Waals surface area contributed by atoms with Crippen molar-refractivity contribution in [1.82, 2.24) is 29.1 Å². The third-order valence-electron chi connectivity index (χ3n) is 6.28. The maximum Gasteiger partial charge on any atom is 0.522 e. The molecule has 0 radical (unpaired) electrons. The van der Waals surface area contributed by atoms with Crippen LogP contribution in [0.15, 0.2) is 30.7 Å². The molecule has 0 bridgehead atoms. The lowest BCUT2D eigenvalue weighted by Crippen LogP contribution is -2.33. The molecule has 0 aromatic carbocycles. The highest BCUT2D eigenvalue weighted by Crippen LogP contribution is 2.31. The molecule has 180 valence electrons. The van der Waals surface area contributed by atoms with E-state index < -0.39 is 12.5 Å².